The van der Waals surface area contributed by atoms with Gasteiger partial charge in [-0.2, -0.15) is 0 Å². The molecule has 0 fully saturated rings. The molecule has 1 aromatic rings. The maximum absolute atomic E-state index is 9.58. The first kappa shape index (κ1) is 10.0. The third-order valence-corrected chi connectivity index (χ3v) is 1.76. The van der Waals surface area contributed by atoms with E-state index in [1.807, 2.05) is 30.3 Å². The molecule has 0 unspecified atom stereocenters. The first-order chi connectivity index (χ1) is 6.34. The highest BCUT2D eigenvalue weighted by Crippen LogP contribution is 2.12. The smallest absolute Gasteiger partial charge is 0.0974 e. The Bertz CT molecular complexity index is 290. The van der Waals surface area contributed by atoms with Gasteiger partial charge in [-0.05, 0) is 5.56 Å². The molecule has 0 bridgehead atoms. The predicted molar refractivity (Wildman–Crippen MR) is 55.5 cm³/mol. The molecule has 1 nitrogen and oxygen atoms in total. The summed E-state index contributed by atoms with van der Waals surface area (Å²) < 4.78 is 0. The zero-order valence-corrected chi connectivity index (χ0v) is 7.85. The fourth-order valence-corrected chi connectivity index (χ4v) is 1.06. The number of aliphatic hydroxyl groups excluding tert-OH is 1. The highest BCUT2D eigenvalue weighted by atomic mass is 35.5. The molecule has 0 heterocycles. The van der Waals surface area contributed by atoms with Crippen molar-refractivity contribution in [3.8, 4) is 0 Å². The molecule has 68 valence electrons. The molecule has 0 aliphatic carbocycles. The SMILES string of the molecule is O[C@@H](/C=C/C=C/Cl)c1ccccc1. The molecule has 1 N–H and O–H groups in total. The number of halogens is 1. The molecule has 1 atom stereocenters. The molecule has 0 spiro atoms. The summed E-state index contributed by atoms with van der Waals surface area (Å²) in [4.78, 5) is 0. The minimum atomic E-state index is -0.561. The van der Waals surface area contributed by atoms with Crippen LogP contribution in [0.2, 0.25) is 0 Å². The average Bonchev–Trinajstić information content (AvgIpc) is 2.19. The highest BCUT2D eigenvalue weighted by molar-refractivity contribution is 6.25. The van der Waals surface area contributed by atoms with E-state index in [4.69, 9.17) is 11.6 Å². The lowest BCUT2D eigenvalue weighted by Crippen LogP contribution is -1.91. The lowest BCUT2D eigenvalue weighted by atomic mass is 10.1. The summed E-state index contributed by atoms with van der Waals surface area (Å²) in [6, 6.07) is 9.45. The number of hydrogen-bond acceptors (Lipinski definition) is 1. The largest absolute Gasteiger partial charge is 0.384 e. The van der Waals surface area contributed by atoms with Crippen molar-refractivity contribution in [1.29, 1.82) is 0 Å². The van der Waals surface area contributed by atoms with Crippen molar-refractivity contribution in [3.63, 3.8) is 0 Å². The van der Waals surface area contributed by atoms with Gasteiger partial charge in [-0.25, -0.2) is 0 Å². The van der Waals surface area contributed by atoms with E-state index in [2.05, 4.69) is 0 Å². The molecule has 1 rings (SSSR count). The first-order valence-corrected chi connectivity index (χ1v) is 4.45. The molecular weight excluding hydrogens is 184 g/mol. The van der Waals surface area contributed by atoms with Crippen LogP contribution in [-0.4, -0.2) is 5.11 Å². The van der Waals surface area contributed by atoms with Crippen molar-refractivity contribution in [3.05, 3.63) is 59.7 Å². The normalized spacial score (nSPS) is 14.0. The zero-order chi connectivity index (χ0) is 9.52. The number of benzene rings is 1. The Morgan fingerprint density at radius 3 is 2.46 bits per heavy atom. The second kappa shape index (κ2) is 5.57. The van der Waals surface area contributed by atoms with Gasteiger partial charge in [0.1, 0.15) is 0 Å². The van der Waals surface area contributed by atoms with Crippen molar-refractivity contribution in [2.75, 3.05) is 0 Å². The van der Waals surface area contributed by atoms with Crippen LogP contribution in [0.5, 0.6) is 0 Å². The second-order valence-corrected chi connectivity index (χ2v) is 2.81. The van der Waals surface area contributed by atoms with Crippen molar-refractivity contribution < 1.29 is 5.11 Å². The Morgan fingerprint density at radius 2 is 1.85 bits per heavy atom. The Labute approximate surface area is 83.0 Å². The summed E-state index contributed by atoms with van der Waals surface area (Å²) in [6.45, 7) is 0. The maximum Gasteiger partial charge on any atom is 0.0974 e. The van der Waals surface area contributed by atoms with E-state index in [0.717, 1.165) is 5.56 Å². The van der Waals surface area contributed by atoms with Crippen molar-refractivity contribution in [2.24, 2.45) is 0 Å². The Kier molecular flexibility index (Phi) is 4.30. The van der Waals surface area contributed by atoms with E-state index in [1.165, 1.54) is 5.54 Å². The van der Waals surface area contributed by atoms with E-state index < -0.39 is 6.10 Å². The lowest BCUT2D eigenvalue weighted by Gasteiger charge is -2.03. The van der Waals surface area contributed by atoms with E-state index in [1.54, 1.807) is 18.2 Å². The zero-order valence-electron chi connectivity index (χ0n) is 7.10. The number of hydrogen-bond donors (Lipinski definition) is 1. The molecule has 1 aromatic carbocycles. The van der Waals surface area contributed by atoms with Gasteiger partial charge in [-0.3, -0.25) is 0 Å². The summed E-state index contributed by atoms with van der Waals surface area (Å²) in [5, 5.41) is 9.58. The van der Waals surface area contributed by atoms with Crippen LogP contribution in [0.3, 0.4) is 0 Å². The van der Waals surface area contributed by atoms with Crippen LogP contribution in [0.25, 0.3) is 0 Å². The van der Waals surface area contributed by atoms with Crippen LogP contribution in [0.1, 0.15) is 11.7 Å². The minimum absolute atomic E-state index is 0.561. The average molecular weight is 195 g/mol. The summed E-state index contributed by atoms with van der Waals surface area (Å²) in [5.74, 6) is 0. The molecule has 0 aliphatic heterocycles. The van der Waals surface area contributed by atoms with Gasteiger partial charge >= 0.3 is 0 Å². The summed E-state index contributed by atoms with van der Waals surface area (Å²) in [6.07, 6.45) is 4.49. The molecular formula is C11H11ClO. The third-order valence-electron chi connectivity index (χ3n) is 1.62. The van der Waals surface area contributed by atoms with Crippen molar-refractivity contribution in [1.82, 2.24) is 0 Å². The quantitative estimate of drug-likeness (QED) is 0.734. The van der Waals surface area contributed by atoms with Crippen LogP contribution in [-0.2, 0) is 0 Å². The van der Waals surface area contributed by atoms with Gasteiger partial charge in [0.15, 0.2) is 0 Å². The van der Waals surface area contributed by atoms with E-state index in [-0.39, 0.29) is 0 Å². The molecule has 0 aliphatic rings. The first-order valence-electron chi connectivity index (χ1n) is 4.01. The Balaban J connectivity index is 2.63. The van der Waals surface area contributed by atoms with Gasteiger partial charge in [0.25, 0.3) is 0 Å². The maximum atomic E-state index is 9.58. The number of rotatable bonds is 3. The van der Waals surface area contributed by atoms with Gasteiger partial charge in [0.2, 0.25) is 0 Å². The minimum Gasteiger partial charge on any atom is -0.384 e. The van der Waals surface area contributed by atoms with Gasteiger partial charge in [0, 0.05) is 5.54 Å². The van der Waals surface area contributed by atoms with Gasteiger partial charge < -0.3 is 5.11 Å². The fourth-order valence-electron chi connectivity index (χ4n) is 0.973. The van der Waals surface area contributed by atoms with Crippen LogP contribution >= 0.6 is 11.6 Å². The molecule has 0 aromatic heterocycles. The lowest BCUT2D eigenvalue weighted by molar-refractivity contribution is 0.228. The third kappa shape index (κ3) is 3.45. The Morgan fingerprint density at radius 1 is 1.15 bits per heavy atom. The van der Waals surface area contributed by atoms with Gasteiger partial charge in [-0.1, -0.05) is 60.2 Å². The monoisotopic (exact) mass is 194 g/mol. The standard InChI is InChI=1S/C11H11ClO/c12-9-5-4-8-11(13)10-6-2-1-3-7-10/h1-9,11,13H/b8-4+,9-5+/t11-/m0/s1. The number of aliphatic hydroxyl groups is 1. The van der Waals surface area contributed by atoms with Gasteiger partial charge in [0.05, 0.1) is 6.10 Å². The van der Waals surface area contributed by atoms with Gasteiger partial charge in [-0.15, -0.1) is 0 Å². The van der Waals surface area contributed by atoms with E-state index in [0.29, 0.717) is 0 Å². The summed E-state index contributed by atoms with van der Waals surface area (Å²) in [7, 11) is 0. The van der Waals surface area contributed by atoms with Crippen LogP contribution < -0.4 is 0 Å². The predicted octanol–water partition coefficient (Wildman–Crippen LogP) is 3.03. The van der Waals surface area contributed by atoms with Crippen LogP contribution in [0.4, 0.5) is 0 Å². The Hall–Kier alpha value is -1.05. The molecule has 0 saturated heterocycles. The molecule has 2 heteroatoms. The topological polar surface area (TPSA) is 20.2 Å². The second-order valence-electron chi connectivity index (χ2n) is 2.56. The van der Waals surface area contributed by atoms with Crippen LogP contribution in [0.15, 0.2) is 54.1 Å². The van der Waals surface area contributed by atoms with Crippen molar-refractivity contribution >= 4 is 11.6 Å². The summed E-state index contributed by atoms with van der Waals surface area (Å²) in [5.41, 5.74) is 2.27. The molecule has 0 saturated carbocycles. The number of allylic oxidation sites excluding steroid dienone is 2. The van der Waals surface area contributed by atoms with Crippen molar-refractivity contribution in [2.45, 2.75) is 6.10 Å². The van der Waals surface area contributed by atoms with E-state index in [9.17, 15) is 5.11 Å². The highest BCUT2D eigenvalue weighted by Gasteiger charge is 1.99. The fraction of sp³-hybridized carbons (Fsp3) is 0.0909. The molecule has 13 heavy (non-hydrogen) atoms. The molecule has 0 amide bonds. The molecule has 0 radical (unpaired) electrons. The van der Waals surface area contributed by atoms with E-state index >= 15 is 0 Å². The summed E-state index contributed by atoms with van der Waals surface area (Å²) >= 11 is 5.32. The van der Waals surface area contributed by atoms with Crippen LogP contribution in [0, 0.1) is 0 Å².